The van der Waals surface area contributed by atoms with Crippen LogP contribution in [0.2, 0.25) is 5.02 Å². The van der Waals surface area contributed by atoms with Gasteiger partial charge in [-0.15, -0.1) is 0 Å². The first-order valence-electron chi connectivity index (χ1n) is 10.5. The molecule has 4 bridgehead atoms. The zero-order chi connectivity index (χ0) is 20.0. The molecule has 4 fully saturated rings. The summed E-state index contributed by atoms with van der Waals surface area (Å²) >= 11 is 6.09. The largest absolute Gasteiger partial charge is 0.462 e. The predicted molar refractivity (Wildman–Crippen MR) is 106 cm³/mol. The second-order valence-corrected chi connectivity index (χ2v) is 9.55. The van der Waals surface area contributed by atoms with Crippen molar-refractivity contribution in [1.29, 1.82) is 0 Å². The number of esters is 1. The minimum absolute atomic E-state index is 0.148. The summed E-state index contributed by atoms with van der Waals surface area (Å²) in [6.45, 7) is 1.93. The molecule has 6 heteroatoms. The molecular formula is C23H22ClNO4. The van der Waals surface area contributed by atoms with Crippen molar-refractivity contribution in [2.75, 3.05) is 11.5 Å². The lowest BCUT2D eigenvalue weighted by Gasteiger charge is -2.36. The first-order chi connectivity index (χ1) is 14.0. The Balaban J connectivity index is 1.39. The van der Waals surface area contributed by atoms with Crippen LogP contribution in [0.1, 0.15) is 30.1 Å². The van der Waals surface area contributed by atoms with Gasteiger partial charge in [-0.2, -0.15) is 0 Å². The van der Waals surface area contributed by atoms with Crippen molar-refractivity contribution in [3.05, 3.63) is 40.9 Å². The number of carbonyl (C=O) groups is 3. The molecular weight excluding hydrogens is 390 g/mol. The molecule has 8 atom stereocenters. The molecule has 5 nitrogen and oxygen atoms in total. The average molecular weight is 412 g/mol. The lowest BCUT2D eigenvalue weighted by Crippen LogP contribution is -2.38. The summed E-state index contributed by atoms with van der Waals surface area (Å²) in [4.78, 5) is 40.8. The highest BCUT2D eigenvalue weighted by atomic mass is 35.5. The summed E-state index contributed by atoms with van der Waals surface area (Å²) in [7, 11) is 0. The molecule has 29 heavy (non-hydrogen) atoms. The second kappa shape index (κ2) is 5.94. The van der Waals surface area contributed by atoms with Crippen LogP contribution >= 0.6 is 11.6 Å². The van der Waals surface area contributed by atoms with Gasteiger partial charge in [0.2, 0.25) is 11.8 Å². The van der Waals surface area contributed by atoms with E-state index in [1.807, 2.05) is 0 Å². The fourth-order valence-electron chi connectivity index (χ4n) is 7.43. The van der Waals surface area contributed by atoms with Crippen LogP contribution in [0.5, 0.6) is 0 Å². The van der Waals surface area contributed by atoms with Gasteiger partial charge in [0.05, 0.1) is 29.7 Å². The molecule has 1 aromatic carbocycles. The van der Waals surface area contributed by atoms with E-state index in [1.165, 1.54) is 17.4 Å². The lowest BCUT2D eigenvalue weighted by molar-refractivity contribution is -0.123. The molecule has 1 saturated heterocycles. The van der Waals surface area contributed by atoms with Crippen molar-refractivity contribution >= 4 is 35.1 Å². The Morgan fingerprint density at radius 1 is 1.07 bits per heavy atom. The van der Waals surface area contributed by atoms with Crippen LogP contribution < -0.4 is 4.90 Å². The minimum Gasteiger partial charge on any atom is -0.462 e. The Hall–Kier alpha value is -2.14. The zero-order valence-corrected chi connectivity index (χ0v) is 16.8. The summed E-state index contributed by atoms with van der Waals surface area (Å²) in [5.74, 6) is 1.46. The van der Waals surface area contributed by atoms with Gasteiger partial charge < -0.3 is 4.74 Å². The number of imide groups is 1. The van der Waals surface area contributed by atoms with E-state index in [0.717, 1.165) is 6.42 Å². The highest BCUT2D eigenvalue weighted by Gasteiger charge is 2.71. The van der Waals surface area contributed by atoms with E-state index < -0.39 is 5.97 Å². The van der Waals surface area contributed by atoms with Gasteiger partial charge in [-0.05, 0) is 73.5 Å². The highest BCUT2D eigenvalue weighted by Crippen LogP contribution is 2.70. The highest BCUT2D eigenvalue weighted by molar-refractivity contribution is 6.31. The first-order valence-corrected chi connectivity index (χ1v) is 10.9. The standard InChI is InChI=1S/C23H22ClNO4/c1-2-29-23(28)13-8-12(24)5-6-16(13)25-21(26)19-14-9-15(20(19)22(25)27)18-11-4-3-10(7-11)17(14)18/h3-6,8,10-11,14-15,17-20H,2,7,9H2,1H3. The van der Waals surface area contributed by atoms with E-state index in [1.54, 1.807) is 19.1 Å². The van der Waals surface area contributed by atoms with Gasteiger partial charge >= 0.3 is 5.97 Å². The quantitative estimate of drug-likeness (QED) is 0.329. The number of rotatable bonds is 3. The number of benzene rings is 1. The normalized spacial score (nSPS) is 40.7. The Bertz CT molecular complexity index is 945. The summed E-state index contributed by atoms with van der Waals surface area (Å²) in [5, 5.41) is 0.369. The molecule has 5 aliphatic rings. The Morgan fingerprint density at radius 2 is 1.69 bits per heavy atom. The lowest BCUT2D eigenvalue weighted by atomic mass is 9.65. The fourth-order valence-corrected chi connectivity index (χ4v) is 7.60. The molecule has 0 aromatic heterocycles. The molecule has 0 radical (unpaired) electrons. The summed E-state index contributed by atoms with van der Waals surface area (Å²) in [6, 6.07) is 4.69. The molecule has 1 aliphatic heterocycles. The fraction of sp³-hybridized carbons (Fsp3) is 0.522. The minimum atomic E-state index is -0.565. The number of amides is 2. The van der Waals surface area contributed by atoms with Crippen LogP contribution in [0.25, 0.3) is 0 Å². The molecule has 1 heterocycles. The van der Waals surface area contributed by atoms with Crippen LogP contribution in [0, 0.1) is 47.3 Å². The van der Waals surface area contributed by atoms with Crippen LogP contribution in [-0.2, 0) is 14.3 Å². The van der Waals surface area contributed by atoms with E-state index in [4.69, 9.17) is 16.3 Å². The van der Waals surface area contributed by atoms with Gasteiger partial charge in [0.1, 0.15) is 0 Å². The molecule has 2 amide bonds. The number of allylic oxidation sites excluding steroid dienone is 2. The molecule has 0 spiro atoms. The van der Waals surface area contributed by atoms with Gasteiger partial charge in [0.25, 0.3) is 0 Å². The van der Waals surface area contributed by atoms with Gasteiger partial charge in [0, 0.05) is 5.02 Å². The topological polar surface area (TPSA) is 63.7 Å². The first kappa shape index (κ1) is 17.7. The summed E-state index contributed by atoms with van der Waals surface area (Å²) < 4.78 is 5.14. The van der Waals surface area contributed by atoms with Crippen molar-refractivity contribution in [1.82, 2.24) is 0 Å². The Morgan fingerprint density at radius 3 is 2.28 bits per heavy atom. The van der Waals surface area contributed by atoms with E-state index in [-0.39, 0.29) is 47.7 Å². The molecule has 1 aromatic rings. The second-order valence-electron chi connectivity index (χ2n) is 9.11. The molecule has 4 aliphatic carbocycles. The van der Waals surface area contributed by atoms with Gasteiger partial charge in [-0.1, -0.05) is 23.8 Å². The smallest absolute Gasteiger partial charge is 0.340 e. The number of fused-ring (bicyclic) bond motifs is 12. The summed E-state index contributed by atoms with van der Waals surface area (Å²) in [5.41, 5.74) is 0.484. The third-order valence-electron chi connectivity index (χ3n) is 8.13. The number of nitrogens with zero attached hydrogens (tertiary/aromatic N) is 1. The predicted octanol–water partition coefficient (Wildman–Crippen LogP) is 3.71. The summed E-state index contributed by atoms with van der Waals surface area (Å²) in [6.07, 6.45) is 6.85. The van der Waals surface area contributed by atoms with Crippen molar-refractivity contribution in [2.45, 2.75) is 19.8 Å². The molecule has 3 saturated carbocycles. The van der Waals surface area contributed by atoms with E-state index in [0.29, 0.717) is 34.4 Å². The van der Waals surface area contributed by atoms with E-state index in [9.17, 15) is 14.4 Å². The number of halogens is 1. The zero-order valence-electron chi connectivity index (χ0n) is 16.1. The average Bonchev–Trinajstić information content (AvgIpc) is 3.48. The molecule has 150 valence electrons. The van der Waals surface area contributed by atoms with E-state index in [2.05, 4.69) is 12.2 Å². The van der Waals surface area contributed by atoms with Gasteiger partial charge in [-0.25, -0.2) is 9.69 Å². The number of ether oxygens (including phenoxy) is 1. The van der Waals surface area contributed by atoms with Gasteiger partial charge in [0.15, 0.2) is 0 Å². The Kier molecular flexibility index (Phi) is 3.63. The number of hydrogen-bond donors (Lipinski definition) is 0. The van der Waals surface area contributed by atoms with Crippen LogP contribution in [-0.4, -0.2) is 24.4 Å². The monoisotopic (exact) mass is 411 g/mol. The maximum atomic E-state index is 13.5. The van der Waals surface area contributed by atoms with Gasteiger partial charge in [-0.3, -0.25) is 9.59 Å². The van der Waals surface area contributed by atoms with Crippen molar-refractivity contribution in [2.24, 2.45) is 47.3 Å². The molecule has 8 unspecified atom stereocenters. The van der Waals surface area contributed by atoms with Crippen molar-refractivity contribution in [3.63, 3.8) is 0 Å². The third-order valence-corrected chi connectivity index (χ3v) is 8.37. The van der Waals surface area contributed by atoms with Crippen molar-refractivity contribution in [3.8, 4) is 0 Å². The van der Waals surface area contributed by atoms with Crippen LogP contribution in [0.15, 0.2) is 30.4 Å². The van der Waals surface area contributed by atoms with E-state index >= 15 is 0 Å². The Labute approximate surface area is 174 Å². The number of hydrogen-bond acceptors (Lipinski definition) is 4. The molecule has 0 N–H and O–H groups in total. The van der Waals surface area contributed by atoms with Crippen LogP contribution in [0.3, 0.4) is 0 Å². The number of anilines is 1. The maximum Gasteiger partial charge on any atom is 0.340 e. The van der Waals surface area contributed by atoms with Crippen LogP contribution in [0.4, 0.5) is 5.69 Å². The third kappa shape index (κ3) is 2.14. The SMILES string of the molecule is CCOC(=O)c1cc(Cl)ccc1N1C(=O)C2C3CC(C2C1=O)C1C2C=CC(C2)C31. The number of carbonyl (C=O) groups excluding carboxylic acids is 3. The molecule has 6 rings (SSSR count). The van der Waals surface area contributed by atoms with Crippen molar-refractivity contribution < 1.29 is 19.1 Å². The maximum absolute atomic E-state index is 13.5.